The topological polar surface area (TPSA) is 75.7 Å². The number of fused-ring (bicyclic) bond motifs is 1. The summed E-state index contributed by atoms with van der Waals surface area (Å²) in [5.41, 5.74) is 2.57. The van der Waals surface area contributed by atoms with Crippen LogP contribution in [0.2, 0.25) is 0 Å². The van der Waals surface area contributed by atoms with Gasteiger partial charge in [-0.2, -0.15) is 0 Å². The maximum Gasteiger partial charge on any atom is 0.326 e. The molecule has 1 aliphatic rings. The Bertz CT molecular complexity index is 813. The second-order valence-corrected chi connectivity index (χ2v) is 6.26. The molecule has 3 rings (SSSR count). The van der Waals surface area contributed by atoms with Crippen molar-refractivity contribution in [1.82, 2.24) is 5.23 Å². The number of para-hydroxylation sites is 1. The summed E-state index contributed by atoms with van der Waals surface area (Å²) in [7, 11) is 1.21. The summed E-state index contributed by atoms with van der Waals surface area (Å²) in [4.78, 5) is 37.4. The summed E-state index contributed by atoms with van der Waals surface area (Å²) in [6.45, 7) is -0.0219. The van der Waals surface area contributed by atoms with Gasteiger partial charge in [0.1, 0.15) is 13.2 Å². The number of benzene rings is 2. The first-order valence-electron chi connectivity index (χ1n) is 8.81. The Morgan fingerprint density at radius 1 is 1.19 bits per heavy atom. The highest BCUT2D eigenvalue weighted by atomic mass is 16.5. The minimum Gasteiger partial charge on any atom is -0.459 e. The molecule has 2 aromatic rings. The number of rotatable bonds is 7. The zero-order valence-electron chi connectivity index (χ0n) is 14.8. The van der Waals surface area contributed by atoms with Gasteiger partial charge in [0.2, 0.25) is 5.91 Å². The SMILES string of the molecule is O=C[B]N[C@H]1CCc2ccccc2N(CC(=O)OCc2ccccc2)C1=O. The fourth-order valence-corrected chi connectivity index (χ4v) is 3.10. The molecular formula is C20H20BN2O4. The predicted molar refractivity (Wildman–Crippen MR) is 103 cm³/mol. The summed E-state index contributed by atoms with van der Waals surface area (Å²) in [6.07, 6.45) is 1.81. The average Bonchev–Trinajstić information content (AvgIpc) is 2.83. The number of carbonyl (C=O) groups excluding carboxylic acids is 3. The third-order valence-electron chi connectivity index (χ3n) is 4.44. The Morgan fingerprint density at radius 3 is 2.70 bits per heavy atom. The standard InChI is InChI=1S/C20H20BN2O4/c24-14-21-22-17-11-10-16-8-4-5-9-18(16)23(20(17)26)12-19(25)27-13-15-6-2-1-3-7-15/h1-9,14,17,22H,10-13H2/t17-/m0/s1. The Hall–Kier alpha value is -2.93. The van der Waals surface area contributed by atoms with Gasteiger partial charge in [-0.05, 0) is 30.0 Å². The minimum absolute atomic E-state index is 0.157. The third kappa shape index (κ3) is 4.83. The number of carbonyl (C=O) groups is 3. The highest BCUT2D eigenvalue weighted by molar-refractivity contribution is 6.64. The van der Waals surface area contributed by atoms with Crippen molar-refractivity contribution in [3.05, 3.63) is 65.7 Å². The molecule has 27 heavy (non-hydrogen) atoms. The van der Waals surface area contributed by atoms with Gasteiger partial charge in [0, 0.05) is 5.69 Å². The number of esters is 1. The maximum atomic E-state index is 12.9. The molecule has 1 heterocycles. The van der Waals surface area contributed by atoms with Gasteiger partial charge >= 0.3 is 5.97 Å². The molecule has 1 amide bonds. The van der Waals surface area contributed by atoms with Gasteiger partial charge in [-0.3, -0.25) is 14.5 Å². The first kappa shape index (κ1) is 18.9. The lowest BCUT2D eigenvalue weighted by atomic mass is 9.94. The van der Waals surface area contributed by atoms with Gasteiger partial charge in [0.05, 0.1) is 12.2 Å². The Kier molecular flexibility index (Phi) is 6.38. The molecule has 0 bridgehead atoms. The van der Waals surface area contributed by atoms with E-state index >= 15 is 0 Å². The molecule has 0 fully saturated rings. The smallest absolute Gasteiger partial charge is 0.326 e. The molecule has 6 nitrogen and oxygen atoms in total. The third-order valence-corrected chi connectivity index (χ3v) is 4.44. The lowest BCUT2D eigenvalue weighted by Crippen LogP contribution is -2.49. The van der Waals surface area contributed by atoms with E-state index in [-0.39, 0.29) is 19.1 Å². The monoisotopic (exact) mass is 363 g/mol. The molecule has 0 spiro atoms. The lowest BCUT2D eigenvalue weighted by Gasteiger charge is -2.25. The van der Waals surface area contributed by atoms with Crippen LogP contribution in [0.15, 0.2) is 54.6 Å². The number of anilines is 1. The van der Waals surface area contributed by atoms with Gasteiger partial charge in [-0.1, -0.05) is 48.5 Å². The summed E-state index contributed by atoms with van der Waals surface area (Å²) in [5.74, 6) is -0.739. The van der Waals surface area contributed by atoms with Crippen molar-refractivity contribution in [3.8, 4) is 0 Å². The second-order valence-electron chi connectivity index (χ2n) is 6.26. The zero-order valence-corrected chi connectivity index (χ0v) is 14.8. The van der Waals surface area contributed by atoms with Crippen molar-refractivity contribution >= 4 is 31.2 Å². The van der Waals surface area contributed by atoms with Gasteiger partial charge in [-0.25, -0.2) is 0 Å². The van der Waals surface area contributed by atoms with Crippen LogP contribution in [0.1, 0.15) is 17.5 Å². The largest absolute Gasteiger partial charge is 0.459 e. The van der Waals surface area contributed by atoms with E-state index in [0.717, 1.165) is 11.1 Å². The van der Waals surface area contributed by atoms with E-state index in [9.17, 15) is 14.4 Å². The molecule has 0 aliphatic carbocycles. The van der Waals surface area contributed by atoms with Crippen LogP contribution in [0.3, 0.4) is 0 Å². The number of hydrogen-bond donors (Lipinski definition) is 1. The van der Waals surface area contributed by atoms with Crippen LogP contribution < -0.4 is 10.1 Å². The molecule has 137 valence electrons. The number of nitrogens with zero attached hydrogens (tertiary/aromatic N) is 1. The molecule has 1 aliphatic heterocycles. The predicted octanol–water partition coefficient (Wildman–Crippen LogP) is 1.48. The van der Waals surface area contributed by atoms with E-state index in [1.165, 1.54) is 12.3 Å². The fourth-order valence-electron chi connectivity index (χ4n) is 3.10. The first-order valence-corrected chi connectivity index (χ1v) is 8.81. The van der Waals surface area contributed by atoms with E-state index in [4.69, 9.17) is 4.74 Å². The van der Waals surface area contributed by atoms with Crippen LogP contribution in [0.25, 0.3) is 0 Å². The lowest BCUT2D eigenvalue weighted by molar-refractivity contribution is -0.144. The quantitative estimate of drug-likeness (QED) is 0.458. The summed E-state index contributed by atoms with van der Waals surface area (Å²) < 4.78 is 5.33. The number of nitrogens with one attached hydrogen (secondary N) is 1. The first-order chi connectivity index (χ1) is 13.2. The van der Waals surface area contributed by atoms with Gasteiger partial charge in [0.25, 0.3) is 7.41 Å². The van der Waals surface area contributed by atoms with E-state index in [2.05, 4.69) is 5.23 Å². The van der Waals surface area contributed by atoms with Gasteiger partial charge in [-0.15, -0.1) is 0 Å². The van der Waals surface area contributed by atoms with Crippen molar-refractivity contribution < 1.29 is 19.1 Å². The van der Waals surface area contributed by atoms with E-state index in [0.29, 0.717) is 24.7 Å². The van der Waals surface area contributed by atoms with Crippen molar-refractivity contribution in [2.75, 3.05) is 11.4 Å². The molecule has 2 aromatic carbocycles. The number of aryl methyl sites for hydroxylation is 1. The van der Waals surface area contributed by atoms with E-state index in [1.54, 1.807) is 0 Å². The fraction of sp³-hybridized carbons (Fsp3) is 0.250. The molecule has 7 heteroatoms. The highest BCUT2D eigenvalue weighted by Crippen LogP contribution is 2.27. The van der Waals surface area contributed by atoms with Crippen LogP contribution in [0, 0.1) is 0 Å². The summed E-state index contributed by atoms with van der Waals surface area (Å²) >= 11 is 0. The summed E-state index contributed by atoms with van der Waals surface area (Å²) in [6, 6.07) is 16.3. The highest BCUT2D eigenvalue weighted by Gasteiger charge is 2.31. The Balaban J connectivity index is 1.73. The zero-order chi connectivity index (χ0) is 19.1. The molecule has 1 N–H and O–H groups in total. The Morgan fingerprint density at radius 2 is 1.93 bits per heavy atom. The second kappa shape index (κ2) is 9.14. The molecule has 0 saturated heterocycles. The Labute approximate surface area is 158 Å². The van der Waals surface area contributed by atoms with Crippen LogP contribution in [0.4, 0.5) is 5.69 Å². The van der Waals surface area contributed by atoms with E-state index in [1.807, 2.05) is 54.6 Å². The number of hydrogen-bond acceptors (Lipinski definition) is 5. The molecule has 0 aromatic heterocycles. The van der Waals surface area contributed by atoms with Crippen molar-refractivity contribution in [1.29, 1.82) is 0 Å². The van der Waals surface area contributed by atoms with Crippen LogP contribution in [-0.4, -0.2) is 38.1 Å². The van der Waals surface area contributed by atoms with Gasteiger partial charge in [0.15, 0.2) is 0 Å². The molecular weight excluding hydrogens is 343 g/mol. The normalized spacial score (nSPS) is 16.2. The van der Waals surface area contributed by atoms with Crippen molar-refractivity contribution in [2.45, 2.75) is 25.5 Å². The van der Waals surface area contributed by atoms with Crippen molar-refractivity contribution in [3.63, 3.8) is 0 Å². The molecule has 1 atom stereocenters. The van der Waals surface area contributed by atoms with Crippen LogP contribution in [0.5, 0.6) is 0 Å². The minimum atomic E-state index is -0.565. The molecule has 1 radical (unpaired) electrons. The van der Waals surface area contributed by atoms with E-state index < -0.39 is 12.0 Å². The molecule has 0 unspecified atom stereocenters. The molecule has 0 saturated carbocycles. The van der Waals surface area contributed by atoms with Crippen molar-refractivity contribution in [2.24, 2.45) is 0 Å². The van der Waals surface area contributed by atoms with Crippen LogP contribution >= 0.6 is 0 Å². The number of ether oxygens (including phenoxy) is 1. The maximum absolute atomic E-state index is 12.9. The average molecular weight is 363 g/mol. The summed E-state index contributed by atoms with van der Waals surface area (Å²) in [5, 5.41) is 2.82. The number of amides is 1. The van der Waals surface area contributed by atoms with Gasteiger partial charge < -0.3 is 14.8 Å². The van der Waals surface area contributed by atoms with Crippen LogP contribution in [-0.2, 0) is 32.1 Å².